The first kappa shape index (κ1) is 26.9. The molecule has 0 radical (unpaired) electrons. The molecule has 0 saturated heterocycles. The molecule has 7 heteroatoms. The maximum Gasteiger partial charge on any atom is 0.407 e. The molecule has 3 aromatic rings. The van der Waals surface area contributed by atoms with E-state index in [2.05, 4.69) is 29.6 Å². The zero-order valence-corrected chi connectivity index (χ0v) is 21.8. The minimum absolute atomic E-state index is 0.0440. The van der Waals surface area contributed by atoms with E-state index in [0.29, 0.717) is 6.42 Å². The molecule has 38 heavy (non-hydrogen) atoms. The third-order valence-electron chi connectivity index (χ3n) is 7.22. The van der Waals surface area contributed by atoms with Crippen LogP contribution in [0.3, 0.4) is 0 Å². The fraction of sp³-hybridized carbons (Fsp3) is 0.323. The molecule has 0 fully saturated rings. The lowest BCUT2D eigenvalue weighted by atomic mass is 9.97. The van der Waals surface area contributed by atoms with Gasteiger partial charge in [0, 0.05) is 19.0 Å². The van der Waals surface area contributed by atoms with Crippen molar-refractivity contribution < 1.29 is 24.2 Å². The molecule has 0 unspecified atom stereocenters. The van der Waals surface area contributed by atoms with E-state index in [4.69, 9.17) is 4.74 Å². The van der Waals surface area contributed by atoms with Crippen LogP contribution in [0.4, 0.5) is 4.79 Å². The van der Waals surface area contributed by atoms with Crippen LogP contribution < -0.4 is 5.32 Å². The number of rotatable bonds is 11. The van der Waals surface area contributed by atoms with Crippen molar-refractivity contribution in [2.24, 2.45) is 5.92 Å². The number of carbonyl (C=O) groups is 3. The molecule has 2 amide bonds. The molecule has 198 valence electrons. The van der Waals surface area contributed by atoms with Gasteiger partial charge in [-0.1, -0.05) is 99.1 Å². The van der Waals surface area contributed by atoms with Crippen LogP contribution in [0.15, 0.2) is 78.9 Å². The highest BCUT2D eigenvalue weighted by atomic mass is 16.5. The van der Waals surface area contributed by atoms with Crippen LogP contribution >= 0.6 is 0 Å². The van der Waals surface area contributed by atoms with Gasteiger partial charge in [-0.3, -0.25) is 9.59 Å². The van der Waals surface area contributed by atoms with Gasteiger partial charge in [0.1, 0.15) is 12.6 Å². The first-order valence-electron chi connectivity index (χ1n) is 13.0. The maximum absolute atomic E-state index is 13.6. The number of ether oxygens (including phenoxy) is 1. The molecule has 0 bridgehead atoms. The molecular formula is C31H34N2O5. The summed E-state index contributed by atoms with van der Waals surface area (Å²) in [5.74, 6) is -1.57. The van der Waals surface area contributed by atoms with Crippen molar-refractivity contribution in [1.82, 2.24) is 10.2 Å². The summed E-state index contributed by atoms with van der Waals surface area (Å²) in [6.45, 7) is 4.29. The largest absolute Gasteiger partial charge is 0.481 e. The van der Waals surface area contributed by atoms with E-state index in [-0.39, 0.29) is 43.9 Å². The Hall–Kier alpha value is -4.13. The molecule has 4 rings (SSSR count). The van der Waals surface area contributed by atoms with Gasteiger partial charge in [0.15, 0.2) is 0 Å². The smallest absolute Gasteiger partial charge is 0.407 e. The van der Waals surface area contributed by atoms with Gasteiger partial charge >= 0.3 is 12.1 Å². The Morgan fingerprint density at radius 3 is 2.08 bits per heavy atom. The second kappa shape index (κ2) is 12.4. The minimum Gasteiger partial charge on any atom is -0.481 e. The normalized spacial score (nSPS) is 13.6. The molecule has 3 aromatic carbocycles. The number of hydrogen-bond acceptors (Lipinski definition) is 4. The SMILES string of the molecule is CC[C@H](C)[C@H](NC(=O)OCC1c2ccccc2-c2ccccc21)C(=O)N(CCC(=O)O)Cc1ccccc1. The molecule has 0 heterocycles. The summed E-state index contributed by atoms with van der Waals surface area (Å²) >= 11 is 0. The Balaban J connectivity index is 1.47. The van der Waals surface area contributed by atoms with E-state index in [0.717, 1.165) is 27.8 Å². The van der Waals surface area contributed by atoms with Gasteiger partial charge in [0.05, 0.1) is 6.42 Å². The van der Waals surface area contributed by atoms with Crippen LogP contribution in [-0.4, -0.2) is 47.2 Å². The molecule has 0 aliphatic heterocycles. The van der Waals surface area contributed by atoms with Crippen LogP contribution in [0.1, 0.15) is 49.3 Å². The minimum atomic E-state index is -0.986. The van der Waals surface area contributed by atoms with Crippen LogP contribution in [-0.2, 0) is 20.9 Å². The summed E-state index contributed by atoms with van der Waals surface area (Å²) < 4.78 is 5.70. The predicted molar refractivity (Wildman–Crippen MR) is 146 cm³/mol. The van der Waals surface area contributed by atoms with E-state index >= 15 is 0 Å². The molecule has 0 spiro atoms. The Morgan fingerprint density at radius 2 is 1.50 bits per heavy atom. The lowest BCUT2D eigenvalue weighted by molar-refractivity contribution is -0.139. The number of fused-ring (bicyclic) bond motifs is 3. The van der Waals surface area contributed by atoms with Crippen LogP contribution in [0, 0.1) is 5.92 Å². The zero-order valence-electron chi connectivity index (χ0n) is 21.8. The maximum atomic E-state index is 13.6. The molecular weight excluding hydrogens is 480 g/mol. The number of carbonyl (C=O) groups excluding carboxylic acids is 2. The Kier molecular flexibility index (Phi) is 8.79. The third-order valence-corrected chi connectivity index (χ3v) is 7.22. The van der Waals surface area contributed by atoms with Crippen molar-refractivity contribution in [3.63, 3.8) is 0 Å². The van der Waals surface area contributed by atoms with Crippen LogP contribution in [0.2, 0.25) is 0 Å². The van der Waals surface area contributed by atoms with E-state index in [1.807, 2.05) is 68.4 Å². The average Bonchev–Trinajstić information content (AvgIpc) is 3.26. The summed E-state index contributed by atoms with van der Waals surface area (Å²) in [4.78, 5) is 39.4. The topological polar surface area (TPSA) is 95.9 Å². The summed E-state index contributed by atoms with van der Waals surface area (Å²) in [6, 6.07) is 24.8. The van der Waals surface area contributed by atoms with Crippen molar-refractivity contribution in [3.8, 4) is 11.1 Å². The number of carboxylic acid groups (broad SMARTS) is 1. The molecule has 1 aliphatic rings. The van der Waals surface area contributed by atoms with E-state index in [1.165, 1.54) is 4.90 Å². The second-order valence-corrected chi connectivity index (χ2v) is 9.72. The molecule has 7 nitrogen and oxygen atoms in total. The number of benzene rings is 3. The second-order valence-electron chi connectivity index (χ2n) is 9.72. The van der Waals surface area contributed by atoms with Crippen molar-refractivity contribution in [3.05, 3.63) is 95.6 Å². The average molecular weight is 515 g/mol. The third kappa shape index (κ3) is 6.22. The number of hydrogen-bond donors (Lipinski definition) is 2. The van der Waals surface area contributed by atoms with Gasteiger partial charge in [-0.15, -0.1) is 0 Å². The summed E-state index contributed by atoms with van der Waals surface area (Å²) in [7, 11) is 0. The monoisotopic (exact) mass is 514 g/mol. The highest BCUT2D eigenvalue weighted by Crippen LogP contribution is 2.44. The van der Waals surface area contributed by atoms with Gasteiger partial charge in [-0.05, 0) is 33.7 Å². The Morgan fingerprint density at radius 1 is 0.921 bits per heavy atom. The predicted octanol–water partition coefficient (Wildman–Crippen LogP) is 5.44. The van der Waals surface area contributed by atoms with Crippen molar-refractivity contribution in [2.75, 3.05) is 13.2 Å². The number of aliphatic carboxylic acids is 1. The van der Waals surface area contributed by atoms with Crippen molar-refractivity contribution in [2.45, 2.75) is 45.2 Å². The quantitative estimate of drug-likeness (QED) is 0.355. The van der Waals surface area contributed by atoms with E-state index in [1.54, 1.807) is 0 Å². The fourth-order valence-corrected chi connectivity index (χ4v) is 4.95. The van der Waals surface area contributed by atoms with Crippen LogP contribution in [0.5, 0.6) is 0 Å². The van der Waals surface area contributed by atoms with Gasteiger partial charge in [0.25, 0.3) is 0 Å². The summed E-state index contributed by atoms with van der Waals surface area (Å²) in [5, 5.41) is 12.0. The zero-order chi connectivity index (χ0) is 27.1. The molecule has 0 aromatic heterocycles. The number of nitrogens with one attached hydrogen (secondary N) is 1. The number of amides is 2. The molecule has 2 atom stereocenters. The van der Waals surface area contributed by atoms with Crippen molar-refractivity contribution in [1.29, 1.82) is 0 Å². The van der Waals surface area contributed by atoms with E-state index in [9.17, 15) is 19.5 Å². The number of carboxylic acids is 1. The van der Waals surface area contributed by atoms with Gasteiger partial charge in [-0.25, -0.2) is 4.79 Å². The van der Waals surface area contributed by atoms with E-state index < -0.39 is 18.1 Å². The standard InChI is InChI=1S/C31H34N2O5/c1-3-21(2)29(30(36)33(18-17-28(34)35)19-22-11-5-4-6-12-22)32-31(37)38-20-27-25-15-9-7-13-23(25)24-14-8-10-16-26(24)27/h4-16,21,27,29H,3,17-20H2,1-2H3,(H,32,37)(H,34,35)/t21-,29-/m0/s1. The fourth-order valence-electron chi connectivity index (χ4n) is 4.95. The summed E-state index contributed by atoms with van der Waals surface area (Å²) in [6.07, 6.45) is -0.196. The van der Waals surface area contributed by atoms with Gasteiger partial charge in [-0.2, -0.15) is 0 Å². The van der Waals surface area contributed by atoms with Gasteiger partial charge < -0.3 is 20.1 Å². The Labute approximate surface area is 223 Å². The first-order valence-corrected chi connectivity index (χ1v) is 13.0. The molecule has 1 aliphatic carbocycles. The molecule has 0 saturated carbocycles. The summed E-state index contributed by atoms with van der Waals surface area (Å²) in [5.41, 5.74) is 5.38. The lowest BCUT2D eigenvalue weighted by Crippen LogP contribution is -2.52. The Bertz CT molecular complexity index is 1230. The lowest BCUT2D eigenvalue weighted by Gasteiger charge is -2.30. The highest BCUT2D eigenvalue weighted by Gasteiger charge is 2.32. The molecule has 2 N–H and O–H groups in total. The number of alkyl carbamates (subject to hydrolysis) is 1. The van der Waals surface area contributed by atoms with Crippen molar-refractivity contribution >= 4 is 18.0 Å². The van der Waals surface area contributed by atoms with Crippen LogP contribution in [0.25, 0.3) is 11.1 Å². The highest BCUT2D eigenvalue weighted by molar-refractivity contribution is 5.86. The van der Waals surface area contributed by atoms with Gasteiger partial charge in [0.2, 0.25) is 5.91 Å². The first-order chi connectivity index (χ1) is 18.4. The number of nitrogens with zero attached hydrogens (tertiary/aromatic N) is 1.